The average molecular weight is 416 g/mol. The molecule has 1 unspecified atom stereocenters. The minimum atomic E-state index is -0.216. The predicted molar refractivity (Wildman–Crippen MR) is 124 cm³/mol. The summed E-state index contributed by atoms with van der Waals surface area (Å²) < 4.78 is 8.19. The molecule has 1 aromatic heterocycles. The SMILES string of the molecule is C=CCn1c(SCc2cccc3ccccc23)nnc1C(C)Oc1ccc(C)cc1. The molecule has 1 atom stereocenters. The van der Waals surface area contributed by atoms with E-state index >= 15 is 0 Å². The molecule has 0 saturated heterocycles. The van der Waals surface area contributed by atoms with Gasteiger partial charge in [0.25, 0.3) is 0 Å². The van der Waals surface area contributed by atoms with Gasteiger partial charge < -0.3 is 4.74 Å². The maximum atomic E-state index is 6.11. The summed E-state index contributed by atoms with van der Waals surface area (Å²) in [4.78, 5) is 0. The number of thioether (sulfide) groups is 1. The number of rotatable bonds is 8. The molecule has 3 aromatic carbocycles. The monoisotopic (exact) mass is 415 g/mol. The van der Waals surface area contributed by atoms with Crippen molar-refractivity contribution in [3.8, 4) is 5.75 Å². The molecule has 0 fully saturated rings. The van der Waals surface area contributed by atoms with Crippen molar-refractivity contribution in [3.05, 3.63) is 96.3 Å². The lowest BCUT2D eigenvalue weighted by atomic mass is 10.1. The first kappa shape index (κ1) is 20.2. The smallest absolute Gasteiger partial charge is 0.191 e. The highest BCUT2D eigenvalue weighted by molar-refractivity contribution is 7.98. The highest BCUT2D eigenvalue weighted by Crippen LogP contribution is 2.29. The Morgan fingerprint density at radius 1 is 1.03 bits per heavy atom. The third kappa shape index (κ3) is 4.41. The van der Waals surface area contributed by atoms with Crippen LogP contribution in [0.4, 0.5) is 0 Å². The molecule has 0 N–H and O–H groups in total. The van der Waals surface area contributed by atoms with Gasteiger partial charge in [-0.25, -0.2) is 0 Å². The second kappa shape index (κ2) is 9.18. The van der Waals surface area contributed by atoms with Crippen molar-refractivity contribution in [3.63, 3.8) is 0 Å². The van der Waals surface area contributed by atoms with Crippen molar-refractivity contribution < 1.29 is 4.74 Å². The lowest BCUT2D eigenvalue weighted by Gasteiger charge is -2.16. The Bertz CT molecular complexity index is 1150. The number of allylic oxidation sites excluding steroid dienone is 1. The summed E-state index contributed by atoms with van der Waals surface area (Å²) in [5.74, 6) is 2.45. The molecular formula is C25H25N3OS. The van der Waals surface area contributed by atoms with Gasteiger partial charge in [-0.2, -0.15) is 0 Å². The van der Waals surface area contributed by atoms with Crippen LogP contribution in [-0.2, 0) is 12.3 Å². The molecule has 0 bridgehead atoms. The zero-order valence-electron chi connectivity index (χ0n) is 17.3. The summed E-state index contributed by atoms with van der Waals surface area (Å²) in [7, 11) is 0. The normalized spacial score (nSPS) is 12.1. The molecule has 152 valence electrons. The summed E-state index contributed by atoms with van der Waals surface area (Å²) >= 11 is 1.69. The zero-order chi connectivity index (χ0) is 20.9. The van der Waals surface area contributed by atoms with Gasteiger partial charge >= 0.3 is 0 Å². The second-order valence-electron chi connectivity index (χ2n) is 7.24. The van der Waals surface area contributed by atoms with Crippen molar-refractivity contribution in [1.29, 1.82) is 0 Å². The van der Waals surface area contributed by atoms with Crippen LogP contribution in [0.5, 0.6) is 5.75 Å². The fourth-order valence-corrected chi connectivity index (χ4v) is 4.40. The van der Waals surface area contributed by atoms with Gasteiger partial charge in [0.2, 0.25) is 0 Å². The Hall–Kier alpha value is -3.05. The first-order chi connectivity index (χ1) is 14.7. The Morgan fingerprint density at radius 2 is 1.80 bits per heavy atom. The third-order valence-electron chi connectivity index (χ3n) is 4.99. The van der Waals surface area contributed by atoms with Crippen LogP contribution in [-0.4, -0.2) is 14.8 Å². The number of hydrogen-bond donors (Lipinski definition) is 0. The fourth-order valence-electron chi connectivity index (χ4n) is 3.44. The van der Waals surface area contributed by atoms with E-state index in [4.69, 9.17) is 4.74 Å². The van der Waals surface area contributed by atoms with Crippen molar-refractivity contribution in [2.75, 3.05) is 0 Å². The van der Waals surface area contributed by atoms with Gasteiger partial charge in [0.15, 0.2) is 17.1 Å². The van der Waals surface area contributed by atoms with Crippen LogP contribution in [0.2, 0.25) is 0 Å². The highest BCUT2D eigenvalue weighted by atomic mass is 32.2. The Kier molecular flexibility index (Phi) is 6.19. The number of aromatic nitrogens is 3. The number of benzene rings is 3. The minimum Gasteiger partial charge on any atom is -0.483 e. The van der Waals surface area contributed by atoms with E-state index in [9.17, 15) is 0 Å². The Balaban J connectivity index is 1.54. The van der Waals surface area contributed by atoms with Gasteiger partial charge in [-0.1, -0.05) is 78.0 Å². The summed E-state index contributed by atoms with van der Waals surface area (Å²) in [6.45, 7) is 8.61. The fraction of sp³-hybridized carbons (Fsp3) is 0.200. The number of nitrogens with zero attached hydrogens (tertiary/aromatic N) is 3. The van der Waals surface area contributed by atoms with E-state index in [1.807, 2.05) is 37.3 Å². The van der Waals surface area contributed by atoms with Crippen molar-refractivity contribution in [2.45, 2.75) is 37.4 Å². The summed E-state index contributed by atoms with van der Waals surface area (Å²) in [6.07, 6.45) is 1.65. The molecule has 0 spiro atoms. The predicted octanol–water partition coefficient (Wildman–Crippen LogP) is 6.36. The summed E-state index contributed by atoms with van der Waals surface area (Å²) in [5, 5.41) is 12.3. The topological polar surface area (TPSA) is 39.9 Å². The largest absolute Gasteiger partial charge is 0.483 e. The molecule has 0 aliphatic rings. The van der Waals surface area contributed by atoms with E-state index in [2.05, 4.69) is 70.7 Å². The molecule has 5 heteroatoms. The zero-order valence-corrected chi connectivity index (χ0v) is 18.1. The van der Waals surface area contributed by atoms with Gasteiger partial charge in [-0.05, 0) is 42.3 Å². The minimum absolute atomic E-state index is 0.216. The maximum Gasteiger partial charge on any atom is 0.191 e. The maximum absolute atomic E-state index is 6.11. The van der Waals surface area contributed by atoms with E-state index in [1.165, 1.54) is 21.9 Å². The molecule has 30 heavy (non-hydrogen) atoms. The van der Waals surface area contributed by atoms with Crippen LogP contribution in [0.25, 0.3) is 10.8 Å². The van der Waals surface area contributed by atoms with Crippen LogP contribution in [0.3, 0.4) is 0 Å². The van der Waals surface area contributed by atoms with Gasteiger partial charge in [0.05, 0.1) is 0 Å². The first-order valence-corrected chi connectivity index (χ1v) is 11.0. The molecule has 4 nitrogen and oxygen atoms in total. The van der Waals surface area contributed by atoms with Crippen LogP contribution >= 0.6 is 11.8 Å². The number of aryl methyl sites for hydroxylation is 1. The Labute approximate surface area is 181 Å². The molecule has 4 aromatic rings. The number of hydrogen-bond acceptors (Lipinski definition) is 4. The van der Waals surface area contributed by atoms with Gasteiger partial charge in [-0.3, -0.25) is 4.57 Å². The second-order valence-corrected chi connectivity index (χ2v) is 8.18. The lowest BCUT2D eigenvalue weighted by molar-refractivity contribution is 0.210. The van der Waals surface area contributed by atoms with Crippen LogP contribution in [0.15, 0.2) is 84.5 Å². The van der Waals surface area contributed by atoms with E-state index < -0.39 is 0 Å². The molecule has 0 amide bonds. The Morgan fingerprint density at radius 3 is 2.60 bits per heavy atom. The van der Waals surface area contributed by atoms with Gasteiger partial charge in [-0.15, -0.1) is 16.8 Å². The van der Waals surface area contributed by atoms with Gasteiger partial charge in [0.1, 0.15) is 5.75 Å². The highest BCUT2D eigenvalue weighted by Gasteiger charge is 2.19. The molecule has 0 saturated carbocycles. The quantitative estimate of drug-likeness (QED) is 0.248. The molecule has 0 aliphatic heterocycles. The van der Waals surface area contributed by atoms with Crippen molar-refractivity contribution in [2.24, 2.45) is 0 Å². The molecule has 0 radical (unpaired) electrons. The standard InChI is InChI=1S/C25H25N3OS/c1-4-16-28-24(19(3)29-22-14-12-18(2)13-15-22)26-27-25(28)30-17-21-10-7-9-20-8-5-6-11-23(20)21/h4-15,19H,1,16-17H2,2-3H3. The first-order valence-electron chi connectivity index (χ1n) is 10.0. The van der Waals surface area contributed by atoms with Crippen LogP contribution in [0.1, 0.15) is 30.0 Å². The average Bonchev–Trinajstić information content (AvgIpc) is 3.17. The molecular weight excluding hydrogens is 390 g/mol. The molecule has 4 rings (SSSR count). The van der Waals surface area contributed by atoms with E-state index in [0.29, 0.717) is 6.54 Å². The van der Waals surface area contributed by atoms with E-state index in [1.54, 1.807) is 11.8 Å². The van der Waals surface area contributed by atoms with Crippen LogP contribution in [0, 0.1) is 6.92 Å². The summed E-state index contributed by atoms with van der Waals surface area (Å²) in [5.41, 5.74) is 2.49. The van der Waals surface area contributed by atoms with Crippen LogP contribution < -0.4 is 4.74 Å². The number of ether oxygens (including phenoxy) is 1. The van der Waals surface area contributed by atoms with Crippen molar-refractivity contribution in [1.82, 2.24) is 14.8 Å². The van der Waals surface area contributed by atoms with Gasteiger partial charge in [0, 0.05) is 12.3 Å². The third-order valence-corrected chi connectivity index (χ3v) is 6.01. The van der Waals surface area contributed by atoms with E-state index in [0.717, 1.165) is 22.5 Å². The lowest BCUT2D eigenvalue weighted by Crippen LogP contribution is -2.12. The van der Waals surface area contributed by atoms with Crippen molar-refractivity contribution >= 4 is 22.5 Å². The molecule has 1 heterocycles. The number of fused-ring (bicyclic) bond motifs is 1. The van der Waals surface area contributed by atoms with E-state index in [-0.39, 0.29) is 6.10 Å². The summed E-state index contributed by atoms with van der Waals surface area (Å²) in [6, 6.07) is 22.9. The molecule has 0 aliphatic carbocycles.